The molecule has 0 bridgehead atoms. The summed E-state index contributed by atoms with van der Waals surface area (Å²) in [5.74, 6) is 0.693. The second-order valence-electron chi connectivity index (χ2n) is 5.99. The van der Waals surface area contributed by atoms with Gasteiger partial charge in [0, 0.05) is 5.70 Å². The van der Waals surface area contributed by atoms with Gasteiger partial charge in [0.25, 0.3) is 0 Å². The number of benzene rings is 1. The van der Waals surface area contributed by atoms with Crippen LogP contribution in [0.2, 0.25) is 0 Å². The van der Waals surface area contributed by atoms with Gasteiger partial charge in [0.1, 0.15) is 0 Å². The first-order chi connectivity index (χ1) is 12.3. The third-order valence-electron chi connectivity index (χ3n) is 3.70. The molecular weight excluding hydrogens is 451 g/mol. The Hall–Kier alpha value is -1.97. The van der Waals surface area contributed by atoms with Gasteiger partial charge in [0.15, 0.2) is 11.5 Å². The summed E-state index contributed by atoms with van der Waals surface area (Å²) < 4.78 is 17.3. The zero-order valence-electron chi connectivity index (χ0n) is 15.4. The average Bonchev–Trinajstić information content (AvgIpc) is 2.55. The van der Waals surface area contributed by atoms with Crippen LogP contribution in [0.25, 0.3) is 0 Å². The quantitative estimate of drug-likeness (QED) is 0.489. The molecule has 2 rings (SSSR count). The van der Waals surface area contributed by atoms with Crippen LogP contribution in [0.4, 0.5) is 4.79 Å². The number of ether oxygens (including phenoxy) is 3. The normalized spacial score (nSPS) is 16.9. The molecule has 0 radical (unpaired) electrons. The number of nitrogens with one attached hydrogen (secondary N) is 2. The SMILES string of the molecule is CCOC(=O)C1=C(C)NC(=O)N[C@@H]1c1cc(I)c(OC(C)C)c(OC)c1. The molecule has 1 atom stereocenters. The van der Waals surface area contributed by atoms with Crippen LogP contribution in [0.1, 0.15) is 39.3 Å². The van der Waals surface area contributed by atoms with Gasteiger partial charge >= 0.3 is 12.0 Å². The van der Waals surface area contributed by atoms with Crippen LogP contribution in [0.5, 0.6) is 11.5 Å². The molecule has 0 fully saturated rings. The number of urea groups is 1. The van der Waals surface area contributed by atoms with Gasteiger partial charge in [-0.05, 0) is 68.0 Å². The standard InChI is InChI=1S/C18H23IN2O5/c1-6-25-17(22)14-10(4)20-18(23)21-15(14)11-7-12(19)16(26-9(2)3)13(8-11)24-5/h7-9,15H,6H2,1-5H3,(H2,20,21,23)/t15-/m1/s1. The minimum Gasteiger partial charge on any atom is -0.493 e. The third kappa shape index (κ3) is 4.40. The molecule has 142 valence electrons. The predicted octanol–water partition coefficient (Wildman–Crippen LogP) is 3.28. The molecule has 0 aliphatic carbocycles. The Morgan fingerprint density at radius 2 is 2.04 bits per heavy atom. The van der Waals surface area contributed by atoms with Crippen LogP contribution in [0.3, 0.4) is 0 Å². The lowest BCUT2D eigenvalue weighted by Gasteiger charge is -2.29. The zero-order valence-corrected chi connectivity index (χ0v) is 17.6. The average molecular weight is 474 g/mol. The molecule has 1 aromatic carbocycles. The predicted molar refractivity (Wildman–Crippen MR) is 105 cm³/mol. The molecule has 0 aromatic heterocycles. The van der Waals surface area contributed by atoms with E-state index >= 15 is 0 Å². The highest BCUT2D eigenvalue weighted by Gasteiger charge is 2.33. The van der Waals surface area contributed by atoms with Crippen LogP contribution < -0.4 is 20.1 Å². The fraction of sp³-hybridized carbons (Fsp3) is 0.444. The van der Waals surface area contributed by atoms with Crippen molar-refractivity contribution in [2.24, 2.45) is 0 Å². The lowest BCUT2D eigenvalue weighted by atomic mass is 9.95. The monoisotopic (exact) mass is 474 g/mol. The number of halogens is 1. The van der Waals surface area contributed by atoms with Gasteiger partial charge in [-0.15, -0.1) is 0 Å². The van der Waals surface area contributed by atoms with Crippen molar-refractivity contribution < 1.29 is 23.8 Å². The van der Waals surface area contributed by atoms with Crippen LogP contribution in [0.15, 0.2) is 23.4 Å². The molecular formula is C18H23IN2O5. The molecule has 1 aliphatic rings. The summed E-state index contributed by atoms with van der Waals surface area (Å²) in [5, 5.41) is 5.40. The zero-order chi connectivity index (χ0) is 19.4. The number of methoxy groups -OCH3 is 1. The summed E-state index contributed by atoms with van der Waals surface area (Å²) in [7, 11) is 1.55. The van der Waals surface area contributed by atoms with E-state index < -0.39 is 12.0 Å². The maximum Gasteiger partial charge on any atom is 0.338 e. The number of hydrogen-bond donors (Lipinski definition) is 2. The highest BCUT2D eigenvalue weighted by Crippen LogP contribution is 2.38. The van der Waals surface area contributed by atoms with Crippen molar-refractivity contribution in [1.29, 1.82) is 0 Å². The molecule has 0 saturated heterocycles. The Morgan fingerprint density at radius 3 is 2.62 bits per heavy atom. The molecule has 8 heteroatoms. The van der Waals surface area contributed by atoms with E-state index in [0.717, 1.165) is 3.57 Å². The fourth-order valence-electron chi connectivity index (χ4n) is 2.68. The number of amides is 2. The second-order valence-corrected chi connectivity index (χ2v) is 7.15. The minimum atomic E-state index is -0.640. The van der Waals surface area contributed by atoms with Crippen LogP contribution >= 0.6 is 22.6 Å². The van der Waals surface area contributed by atoms with Crippen LogP contribution in [-0.4, -0.2) is 31.8 Å². The van der Waals surface area contributed by atoms with E-state index in [4.69, 9.17) is 14.2 Å². The highest BCUT2D eigenvalue weighted by molar-refractivity contribution is 14.1. The van der Waals surface area contributed by atoms with Crippen molar-refractivity contribution in [3.05, 3.63) is 32.5 Å². The number of carbonyl (C=O) groups is 2. The first-order valence-electron chi connectivity index (χ1n) is 8.27. The van der Waals surface area contributed by atoms with Crippen LogP contribution in [-0.2, 0) is 9.53 Å². The van der Waals surface area contributed by atoms with E-state index in [1.54, 1.807) is 27.0 Å². The second kappa shape index (κ2) is 8.61. The summed E-state index contributed by atoms with van der Waals surface area (Å²) in [5.41, 5.74) is 1.54. The number of esters is 1. The molecule has 1 heterocycles. The van der Waals surface area contributed by atoms with Crippen molar-refractivity contribution in [2.45, 2.75) is 39.8 Å². The van der Waals surface area contributed by atoms with E-state index in [1.165, 1.54) is 0 Å². The Bertz CT molecular complexity index is 745. The van der Waals surface area contributed by atoms with Gasteiger partial charge in [-0.25, -0.2) is 9.59 Å². The Balaban J connectivity index is 2.53. The fourth-order valence-corrected chi connectivity index (χ4v) is 3.43. The van der Waals surface area contributed by atoms with Gasteiger partial charge in [-0.3, -0.25) is 0 Å². The van der Waals surface area contributed by atoms with Crippen molar-refractivity contribution in [1.82, 2.24) is 10.6 Å². The summed E-state index contributed by atoms with van der Waals surface area (Å²) >= 11 is 2.15. The Kier molecular flexibility index (Phi) is 6.74. The Morgan fingerprint density at radius 1 is 1.35 bits per heavy atom. The first-order valence-corrected chi connectivity index (χ1v) is 9.35. The topological polar surface area (TPSA) is 85.9 Å². The van der Waals surface area contributed by atoms with E-state index in [2.05, 4.69) is 33.2 Å². The molecule has 2 amide bonds. The maximum absolute atomic E-state index is 12.4. The number of rotatable bonds is 6. The first kappa shape index (κ1) is 20.3. The van der Waals surface area contributed by atoms with E-state index in [1.807, 2.05) is 19.9 Å². The summed E-state index contributed by atoms with van der Waals surface area (Å²) in [4.78, 5) is 24.4. The van der Waals surface area contributed by atoms with Crippen molar-refractivity contribution in [3.8, 4) is 11.5 Å². The molecule has 7 nitrogen and oxygen atoms in total. The lowest BCUT2D eigenvalue weighted by molar-refractivity contribution is -0.139. The van der Waals surface area contributed by atoms with Crippen molar-refractivity contribution >= 4 is 34.6 Å². The molecule has 26 heavy (non-hydrogen) atoms. The smallest absolute Gasteiger partial charge is 0.338 e. The van der Waals surface area contributed by atoms with Gasteiger partial charge < -0.3 is 24.8 Å². The Labute approximate surface area is 166 Å². The molecule has 0 spiro atoms. The van der Waals surface area contributed by atoms with Crippen LogP contribution in [0, 0.1) is 3.57 Å². The number of carbonyl (C=O) groups excluding carboxylic acids is 2. The molecule has 0 unspecified atom stereocenters. The maximum atomic E-state index is 12.4. The number of allylic oxidation sites excluding steroid dienone is 1. The highest BCUT2D eigenvalue weighted by atomic mass is 127. The molecule has 1 aliphatic heterocycles. The van der Waals surface area contributed by atoms with E-state index in [0.29, 0.717) is 28.3 Å². The lowest BCUT2D eigenvalue weighted by Crippen LogP contribution is -2.45. The van der Waals surface area contributed by atoms with Crippen molar-refractivity contribution in [2.75, 3.05) is 13.7 Å². The summed E-state index contributed by atoms with van der Waals surface area (Å²) in [6.07, 6.45) is -0.0147. The summed E-state index contributed by atoms with van der Waals surface area (Å²) in [6.45, 7) is 7.53. The van der Waals surface area contributed by atoms with E-state index in [-0.39, 0.29) is 18.7 Å². The summed E-state index contributed by atoms with van der Waals surface area (Å²) in [6, 6.07) is 2.61. The third-order valence-corrected chi connectivity index (χ3v) is 4.50. The van der Waals surface area contributed by atoms with Gasteiger partial charge in [0.05, 0.1) is 35.0 Å². The molecule has 0 saturated carbocycles. The number of hydrogen-bond acceptors (Lipinski definition) is 5. The van der Waals surface area contributed by atoms with E-state index in [9.17, 15) is 9.59 Å². The largest absolute Gasteiger partial charge is 0.493 e. The van der Waals surface area contributed by atoms with Gasteiger partial charge in [-0.1, -0.05) is 0 Å². The van der Waals surface area contributed by atoms with Gasteiger partial charge in [-0.2, -0.15) is 0 Å². The van der Waals surface area contributed by atoms with Crippen molar-refractivity contribution in [3.63, 3.8) is 0 Å². The van der Waals surface area contributed by atoms with Gasteiger partial charge in [0.2, 0.25) is 0 Å². The molecule has 1 aromatic rings. The molecule has 2 N–H and O–H groups in total. The minimum absolute atomic E-state index is 0.0147.